The van der Waals surface area contributed by atoms with Crippen molar-refractivity contribution in [3.63, 3.8) is 0 Å². The van der Waals surface area contributed by atoms with Crippen molar-refractivity contribution in [2.45, 2.75) is 56.2 Å². The normalized spacial score (nSPS) is 34.3. The molecule has 6 heteroatoms. The number of sulfonamides is 1. The highest BCUT2D eigenvalue weighted by atomic mass is 32.2. The molecular formula is C13H26N2O3S. The van der Waals surface area contributed by atoms with Gasteiger partial charge in [0.1, 0.15) is 0 Å². The molecule has 2 atom stereocenters. The smallest absolute Gasteiger partial charge is 0.215 e. The van der Waals surface area contributed by atoms with E-state index in [1.54, 1.807) is 0 Å². The van der Waals surface area contributed by atoms with E-state index in [9.17, 15) is 8.42 Å². The molecule has 1 aliphatic heterocycles. The Morgan fingerprint density at radius 3 is 2.58 bits per heavy atom. The number of ether oxygens (including phenoxy) is 1. The lowest BCUT2D eigenvalue weighted by Gasteiger charge is -2.40. The first-order valence-electron chi connectivity index (χ1n) is 7.28. The summed E-state index contributed by atoms with van der Waals surface area (Å²) in [6.45, 7) is 3.64. The molecule has 2 unspecified atom stereocenters. The van der Waals surface area contributed by atoms with Gasteiger partial charge in [-0.3, -0.25) is 0 Å². The van der Waals surface area contributed by atoms with Crippen LogP contribution in [0.5, 0.6) is 0 Å². The highest BCUT2D eigenvalue weighted by Crippen LogP contribution is 2.33. The zero-order valence-electron chi connectivity index (χ0n) is 11.7. The first-order chi connectivity index (χ1) is 8.97. The molecule has 0 aromatic rings. The van der Waals surface area contributed by atoms with E-state index in [1.807, 2.05) is 0 Å². The third-order valence-corrected chi connectivity index (χ3v) is 6.51. The highest BCUT2D eigenvalue weighted by Gasteiger charge is 2.40. The van der Waals surface area contributed by atoms with Gasteiger partial charge in [0, 0.05) is 25.3 Å². The first-order valence-corrected chi connectivity index (χ1v) is 8.83. The fourth-order valence-corrected chi connectivity index (χ4v) is 5.20. The highest BCUT2D eigenvalue weighted by molar-refractivity contribution is 7.90. The summed E-state index contributed by atoms with van der Waals surface area (Å²) in [7, 11) is -3.29. The van der Waals surface area contributed by atoms with E-state index in [1.165, 1.54) is 6.42 Å². The van der Waals surface area contributed by atoms with Crippen LogP contribution in [0, 0.1) is 5.92 Å². The van der Waals surface area contributed by atoms with Crippen LogP contribution in [-0.4, -0.2) is 39.0 Å². The number of rotatable bonds is 4. The van der Waals surface area contributed by atoms with E-state index in [0.717, 1.165) is 19.3 Å². The lowest BCUT2D eigenvalue weighted by molar-refractivity contribution is 0.0976. The van der Waals surface area contributed by atoms with Gasteiger partial charge in [-0.1, -0.05) is 19.8 Å². The fraction of sp³-hybridized carbons (Fsp3) is 1.00. The van der Waals surface area contributed by atoms with Gasteiger partial charge in [0.15, 0.2) is 0 Å². The molecule has 0 aromatic heterocycles. The van der Waals surface area contributed by atoms with Gasteiger partial charge in [-0.25, -0.2) is 13.1 Å². The van der Waals surface area contributed by atoms with Gasteiger partial charge in [-0.15, -0.1) is 0 Å². The molecule has 1 saturated carbocycles. The van der Waals surface area contributed by atoms with Crippen molar-refractivity contribution in [3.05, 3.63) is 0 Å². The SMILES string of the molecule is CC1CCCC(CN)(NS(=O)(=O)C2CCOCC2)C1. The lowest BCUT2D eigenvalue weighted by Crippen LogP contribution is -2.58. The number of hydrogen-bond donors (Lipinski definition) is 2. The summed E-state index contributed by atoms with van der Waals surface area (Å²) in [6.07, 6.45) is 5.11. The third kappa shape index (κ3) is 3.68. The van der Waals surface area contributed by atoms with E-state index >= 15 is 0 Å². The zero-order chi connectivity index (χ0) is 13.9. The molecule has 0 bridgehead atoms. The van der Waals surface area contributed by atoms with Crippen LogP contribution >= 0.6 is 0 Å². The van der Waals surface area contributed by atoms with E-state index in [2.05, 4.69) is 11.6 Å². The van der Waals surface area contributed by atoms with Crippen LogP contribution < -0.4 is 10.5 Å². The van der Waals surface area contributed by atoms with Gasteiger partial charge in [0.2, 0.25) is 10.0 Å². The van der Waals surface area contributed by atoms with Crippen molar-refractivity contribution in [2.24, 2.45) is 11.7 Å². The average Bonchev–Trinajstić information content (AvgIpc) is 2.39. The Balaban J connectivity index is 2.07. The van der Waals surface area contributed by atoms with Gasteiger partial charge in [-0.2, -0.15) is 0 Å². The molecule has 1 saturated heterocycles. The van der Waals surface area contributed by atoms with Gasteiger partial charge in [-0.05, 0) is 31.6 Å². The number of nitrogens with two attached hydrogens (primary N) is 1. The predicted octanol–water partition coefficient (Wildman–Crippen LogP) is 0.992. The summed E-state index contributed by atoms with van der Waals surface area (Å²) in [5.74, 6) is 0.537. The standard InChI is InChI=1S/C13H26N2O3S/c1-11-3-2-6-13(9-11,10-14)15-19(16,17)12-4-7-18-8-5-12/h11-12,15H,2-10,14H2,1H3. The van der Waals surface area contributed by atoms with Crippen molar-refractivity contribution in [1.82, 2.24) is 4.72 Å². The van der Waals surface area contributed by atoms with Crippen LogP contribution in [0.4, 0.5) is 0 Å². The summed E-state index contributed by atoms with van der Waals surface area (Å²) in [4.78, 5) is 0. The van der Waals surface area contributed by atoms with Crippen LogP contribution in [0.3, 0.4) is 0 Å². The zero-order valence-corrected chi connectivity index (χ0v) is 12.5. The average molecular weight is 290 g/mol. The van der Waals surface area contributed by atoms with Crippen LogP contribution in [0.1, 0.15) is 45.4 Å². The quantitative estimate of drug-likeness (QED) is 0.809. The molecule has 112 valence electrons. The van der Waals surface area contributed by atoms with Gasteiger partial charge in [0.05, 0.1) is 5.25 Å². The van der Waals surface area contributed by atoms with Crippen LogP contribution in [-0.2, 0) is 14.8 Å². The minimum absolute atomic E-state index is 0.318. The maximum atomic E-state index is 12.5. The van der Waals surface area contributed by atoms with Gasteiger partial charge < -0.3 is 10.5 Å². The summed E-state index contributed by atoms with van der Waals surface area (Å²) in [5, 5.41) is -0.318. The van der Waals surface area contributed by atoms with E-state index in [4.69, 9.17) is 10.5 Å². The number of nitrogens with one attached hydrogen (secondary N) is 1. The maximum Gasteiger partial charge on any atom is 0.215 e. The molecule has 1 aliphatic carbocycles. The monoisotopic (exact) mass is 290 g/mol. The van der Waals surface area contributed by atoms with Crippen molar-refractivity contribution in [3.8, 4) is 0 Å². The molecular weight excluding hydrogens is 264 g/mol. The Labute approximate surface area is 116 Å². The molecule has 5 nitrogen and oxygen atoms in total. The Morgan fingerprint density at radius 2 is 2.00 bits per heavy atom. The summed E-state index contributed by atoms with van der Waals surface area (Å²) >= 11 is 0. The largest absolute Gasteiger partial charge is 0.381 e. The summed E-state index contributed by atoms with van der Waals surface area (Å²) in [6, 6.07) is 0. The van der Waals surface area contributed by atoms with Gasteiger partial charge >= 0.3 is 0 Å². The second-order valence-corrected chi connectivity index (χ2v) is 8.11. The molecule has 0 amide bonds. The van der Waals surface area contributed by atoms with Crippen molar-refractivity contribution in [2.75, 3.05) is 19.8 Å². The van der Waals surface area contributed by atoms with Crippen LogP contribution in [0.25, 0.3) is 0 Å². The van der Waals surface area contributed by atoms with Crippen molar-refractivity contribution >= 4 is 10.0 Å². The third-order valence-electron chi connectivity index (χ3n) is 4.45. The second-order valence-electron chi connectivity index (χ2n) is 6.14. The molecule has 0 spiro atoms. The fourth-order valence-electron chi connectivity index (χ4n) is 3.35. The Bertz CT molecular complexity index is 393. The lowest BCUT2D eigenvalue weighted by atomic mass is 9.77. The van der Waals surface area contributed by atoms with Gasteiger partial charge in [0.25, 0.3) is 0 Å². The molecule has 2 aliphatic rings. The summed E-state index contributed by atoms with van der Waals surface area (Å²) < 4.78 is 33.2. The minimum atomic E-state index is -3.29. The van der Waals surface area contributed by atoms with E-state index < -0.39 is 15.6 Å². The Kier molecular flexibility index (Phi) is 4.87. The topological polar surface area (TPSA) is 81.4 Å². The van der Waals surface area contributed by atoms with Crippen LogP contribution in [0.2, 0.25) is 0 Å². The first kappa shape index (κ1) is 15.2. The van der Waals surface area contributed by atoms with Crippen molar-refractivity contribution < 1.29 is 13.2 Å². The minimum Gasteiger partial charge on any atom is -0.381 e. The van der Waals surface area contributed by atoms with E-state index in [-0.39, 0.29) is 5.25 Å². The van der Waals surface area contributed by atoms with Crippen molar-refractivity contribution in [1.29, 1.82) is 0 Å². The molecule has 2 fully saturated rings. The molecule has 2 rings (SSSR count). The Morgan fingerprint density at radius 1 is 1.32 bits per heavy atom. The second kappa shape index (κ2) is 6.08. The molecule has 0 radical (unpaired) electrons. The predicted molar refractivity (Wildman–Crippen MR) is 75.3 cm³/mol. The van der Waals surface area contributed by atoms with E-state index in [0.29, 0.717) is 38.5 Å². The number of hydrogen-bond acceptors (Lipinski definition) is 4. The molecule has 3 N–H and O–H groups in total. The maximum absolute atomic E-state index is 12.5. The Hall–Kier alpha value is -0.170. The molecule has 19 heavy (non-hydrogen) atoms. The molecule has 1 heterocycles. The molecule has 0 aromatic carbocycles. The van der Waals surface area contributed by atoms with Crippen LogP contribution in [0.15, 0.2) is 0 Å². The summed E-state index contributed by atoms with van der Waals surface area (Å²) in [5.41, 5.74) is 5.46.